The lowest BCUT2D eigenvalue weighted by Gasteiger charge is -2.46. The Morgan fingerprint density at radius 1 is 1.24 bits per heavy atom. The van der Waals surface area contributed by atoms with E-state index in [2.05, 4.69) is 4.90 Å². The first-order valence-corrected chi connectivity index (χ1v) is 6.71. The summed E-state index contributed by atoms with van der Waals surface area (Å²) in [5.74, 6) is -0.633. The Kier molecular flexibility index (Phi) is 4.05. The quantitative estimate of drug-likeness (QED) is 0.819. The van der Waals surface area contributed by atoms with Gasteiger partial charge in [-0.2, -0.15) is 0 Å². The van der Waals surface area contributed by atoms with E-state index in [1.807, 2.05) is 7.05 Å². The third-order valence-electron chi connectivity index (χ3n) is 4.49. The van der Waals surface area contributed by atoms with Crippen molar-refractivity contribution in [1.29, 1.82) is 0 Å². The molecule has 1 heterocycles. The van der Waals surface area contributed by atoms with E-state index in [4.69, 9.17) is 4.74 Å². The van der Waals surface area contributed by atoms with Gasteiger partial charge in [-0.25, -0.2) is 0 Å². The molecule has 1 saturated heterocycles. The van der Waals surface area contributed by atoms with Crippen LogP contribution in [0.4, 0.5) is 0 Å². The van der Waals surface area contributed by atoms with E-state index < -0.39 is 11.5 Å². The monoisotopic (exact) mass is 241 g/mol. The maximum atomic E-state index is 11.7. The average Bonchev–Trinajstić information content (AvgIpc) is 2.39. The summed E-state index contributed by atoms with van der Waals surface area (Å²) >= 11 is 0. The van der Waals surface area contributed by atoms with Gasteiger partial charge < -0.3 is 9.84 Å². The molecule has 2 fully saturated rings. The fraction of sp³-hybridized carbons (Fsp3) is 0.923. The molecule has 17 heavy (non-hydrogen) atoms. The number of carboxylic acid groups (broad SMARTS) is 1. The van der Waals surface area contributed by atoms with Gasteiger partial charge in [0, 0.05) is 19.3 Å². The summed E-state index contributed by atoms with van der Waals surface area (Å²) in [6.45, 7) is 1.54. The molecule has 0 radical (unpaired) electrons. The Bertz CT molecular complexity index is 268. The smallest absolute Gasteiger partial charge is 0.324 e. The van der Waals surface area contributed by atoms with Gasteiger partial charge >= 0.3 is 5.97 Å². The molecule has 0 aromatic carbocycles. The molecule has 0 amide bonds. The molecule has 1 saturated carbocycles. The van der Waals surface area contributed by atoms with Crippen molar-refractivity contribution in [2.45, 2.75) is 56.5 Å². The summed E-state index contributed by atoms with van der Waals surface area (Å²) in [6, 6.07) is 0.373. The van der Waals surface area contributed by atoms with E-state index in [0.29, 0.717) is 6.04 Å². The van der Waals surface area contributed by atoms with E-state index in [0.717, 1.165) is 51.7 Å². The minimum absolute atomic E-state index is 0.373. The van der Waals surface area contributed by atoms with Crippen molar-refractivity contribution in [3.05, 3.63) is 0 Å². The minimum atomic E-state index is -0.633. The van der Waals surface area contributed by atoms with Crippen LogP contribution >= 0.6 is 0 Å². The van der Waals surface area contributed by atoms with Crippen molar-refractivity contribution in [3.8, 4) is 0 Å². The molecule has 2 rings (SSSR count). The number of hydrogen-bond donors (Lipinski definition) is 1. The molecule has 0 unspecified atom stereocenters. The van der Waals surface area contributed by atoms with Gasteiger partial charge in [0.2, 0.25) is 0 Å². The summed E-state index contributed by atoms with van der Waals surface area (Å²) in [5, 5.41) is 9.62. The number of hydrogen-bond acceptors (Lipinski definition) is 3. The second-order valence-electron chi connectivity index (χ2n) is 5.35. The fourth-order valence-corrected chi connectivity index (χ4v) is 3.28. The molecule has 98 valence electrons. The number of carboxylic acids is 1. The molecule has 0 bridgehead atoms. The van der Waals surface area contributed by atoms with E-state index in [1.54, 1.807) is 0 Å². The SMILES string of the molecule is CN(C1CCOCC1)C1(C(=O)O)CCCCC1. The third-order valence-corrected chi connectivity index (χ3v) is 4.49. The van der Waals surface area contributed by atoms with Crippen LogP contribution in [-0.2, 0) is 9.53 Å². The summed E-state index contributed by atoms with van der Waals surface area (Å²) in [6.07, 6.45) is 6.79. The lowest BCUT2D eigenvalue weighted by atomic mass is 9.79. The van der Waals surface area contributed by atoms with Gasteiger partial charge in [-0.1, -0.05) is 19.3 Å². The Morgan fingerprint density at radius 3 is 2.35 bits per heavy atom. The highest BCUT2D eigenvalue weighted by Gasteiger charge is 2.45. The van der Waals surface area contributed by atoms with Crippen LogP contribution in [0.25, 0.3) is 0 Å². The Balaban J connectivity index is 2.11. The van der Waals surface area contributed by atoms with Crippen molar-refractivity contribution in [3.63, 3.8) is 0 Å². The Hall–Kier alpha value is -0.610. The zero-order chi connectivity index (χ0) is 12.3. The summed E-state index contributed by atoms with van der Waals surface area (Å²) in [5.41, 5.74) is -0.611. The minimum Gasteiger partial charge on any atom is -0.480 e. The van der Waals surface area contributed by atoms with Gasteiger partial charge in [0.25, 0.3) is 0 Å². The topological polar surface area (TPSA) is 49.8 Å². The van der Waals surface area contributed by atoms with Gasteiger partial charge in [-0.05, 0) is 32.7 Å². The van der Waals surface area contributed by atoms with Crippen LogP contribution in [-0.4, -0.2) is 47.8 Å². The van der Waals surface area contributed by atoms with Crippen LogP contribution in [0.1, 0.15) is 44.9 Å². The van der Waals surface area contributed by atoms with Crippen LogP contribution in [0.15, 0.2) is 0 Å². The second-order valence-corrected chi connectivity index (χ2v) is 5.35. The lowest BCUT2D eigenvalue weighted by molar-refractivity contribution is -0.156. The fourth-order valence-electron chi connectivity index (χ4n) is 3.28. The van der Waals surface area contributed by atoms with Crippen LogP contribution < -0.4 is 0 Å². The molecule has 0 aromatic rings. The maximum Gasteiger partial charge on any atom is 0.324 e. The lowest BCUT2D eigenvalue weighted by Crippen LogP contribution is -2.58. The Morgan fingerprint density at radius 2 is 1.82 bits per heavy atom. The Labute approximate surface area is 103 Å². The van der Waals surface area contributed by atoms with Crippen LogP contribution in [0.3, 0.4) is 0 Å². The first-order valence-electron chi connectivity index (χ1n) is 6.71. The average molecular weight is 241 g/mol. The van der Waals surface area contributed by atoms with Crippen molar-refractivity contribution >= 4 is 5.97 Å². The first-order chi connectivity index (χ1) is 8.17. The zero-order valence-electron chi connectivity index (χ0n) is 10.7. The van der Waals surface area contributed by atoms with E-state index in [9.17, 15) is 9.90 Å². The molecule has 4 heteroatoms. The molecule has 2 aliphatic rings. The first kappa shape index (κ1) is 12.8. The number of carbonyl (C=O) groups is 1. The second kappa shape index (κ2) is 5.36. The zero-order valence-corrected chi connectivity index (χ0v) is 10.7. The van der Waals surface area contributed by atoms with Gasteiger partial charge in [-0.3, -0.25) is 9.69 Å². The highest BCUT2D eigenvalue weighted by molar-refractivity contribution is 5.79. The number of nitrogens with zero attached hydrogens (tertiary/aromatic N) is 1. The van der Waals surface area contributed by atoms with Crippen LogP contribution in [0.2, 0.25) is 0 Å². The molecule has 1 N–H and O–H groups in total. The maximum absolute atomic E-state index is 11.7. The van der Waals surface area contributed by atoms with Crippen LogP contribution in [0.5, 0.6) is 0 Å². The van der Waals surface area contributed by atoms with Crippen molar-refractivity contribution in [2.75, 3.05) is 20.3 Å². The van der Waals surface area contributed by atoms with Crippen molar-refractivity contribution in [1.82, 2.24) is 4.90 Å². The van der Waals surface area contributed by atoms with E-state index >= 15 is 0 Å². The highest BCUT2D eigenvalue weighted by Crippen LogP contribution is 2.36. The summed E-state index contributed by atoms with van der Waals surface area (Å²) < 4.78 is 5.36. The highest BCUT2D eigenvalue weighted by atomic mass is 16.5. The largest absolute Gasteiger partial charge is 0.480 e. The predicted octanol–water partition coefficient (Wildman–Crippen LogP) is 1.88. The molecule has 1 aliphatic carbocycles. The van der Waals surface area contributed by atoms with E-state index in [1.165, 1.54) is 6.42 Å². The van der Waals surface area contributed by atoms with Gasteiger partial charge in [0.1, 0.15) is 5.54 Å². The number of likely N-dealkylation sites (N-methyl/N-ethyl adjacent to an activating group) is 1. The molecule has 4 nitrogen and oxygen atoms in total. The normalized spacial score (nSPS) is 26.0. The summed E-state index contributed by atoms with van der Waals surface area (Å²) in [7, 11) is 2.00. The van der Waals surface area contributed by atoms with Gasteiger partial charge in [0.15, 0.2) is 0 Å². The molecular weight excluding hydrogens is 218 g/mol. The third kappa shape index (κ3) is 2.47. The van der Waals surface area contributed by atoms with Gasteiger partial charge in [-0.15, -0.1) is 0 Å². The number of ether oxygens (including phenoxy) is 1. The van der Waals surface area contributed by atoms with E-state index in [-0.39, 0.29) is 0 Å². The van der Waals surface area contributed by atoms with Crippen LogP contribution in [0, 0.1) is 0 Å². The standard InChI is InChI=1S/C13H23NO3/c1-14(11-5-9-17-10-6-11)13(12(15)16)7-3-2-4-8-13/h11H,2-10H2,1H3,(H,15,16). The summed E-state index contributed by atoms with van der Waals surface area (Å²) in [4.78, 5) is 13.8. The number of aliphatic carboxylic acids is 1. The van der Waals surface area contributed by atoms with Crippen molar-refractivity contribution in [2.24, 2.45) is 0 Å². The van der Waals surface area contributed by atoms with Gasteiger partial charge in [0.05, 0.1) is 0 Å². The molecule has 0 atom stereocenters. The molecule has 0 aromatic heterocycles. The molecular formula is C13H23NO3. The molecule has 1 aliphatic heterocycles. The number of rotatable bonds is 3. The molecule has 0 spiro atoms. The predicted molar refractivity (Wildman–Crippen MR) is 65.1 cm³/mol. The van der Waals surface area contributed by atoms with Crippen molar-refractivity contribution < 1.29 is 14.6 Å².